The van der Waals surface area contributed by atoms with Gasteiger partial charge in [-0.05, 0) is 37.3 Å². The van der Waals surface area contributed by atoms with Crippen molar-refractivity contribution in [2.24, 2.45) is 0 Å². The van der Waals surface area contributed by atoms with Crippen molar-refractivity contribution in [2.45, 2.75) is 44.2 Å². The number of benzene rings is 1. The zero-order valence-electron chi connectivity index (χ0n) is 14.9. The Hall–Kier alpha value is -2.25. The summed E-state index contributed by atoms with van der Waals surface area (Å²) in [5.41, 5.74) is 2.44. The number of hydrogen-bond acceptors (Lipinski definition) is 6. The minimum absolute atomic E-state index is 0.234. The Labute approximate surface area is 162 Å². The summed E-state index contributed by atoms with van der Waals surface area (Å²) in [6.45, 7) is 2.10. The summed E-state index contributed by atoms with van der Waals surface area (Å²) in [6.07, 6.45) is 4.71. The van der Waals surface area contributed by atoms with E-state index in [1.165, 1.54) is 0 Å². The van der Waals surface area contributed by atoms with Crippen LogP contribution in [-0.2, 0) is 11.3 Å². The van der Waals surface area contributed by atoms with Gasteiger partial charge in [0.2, 0.25) is 0 Å². The van der Waals surface area contributed by atoms with E-state index in [4.69, 9.17) is 26.3 Å². The van der Waals surface area contributed by atoms with E-state index >= 15 is 0 Å². The van der Waals surface area contributed by atoms with Crippen LogP contribution in [0.4, 0.5) is 5.82 Å². The van der Waals surface area contributed by atoms with Crippen molar-refractivity contribution < 1.29 is 4.74 Å². The van der Waals surface area contributed by atoms with Crippen molar-refractivity contribution in [3.8, 4) is 0 Å². The van der Waals surface area contributed by atoms with Crippen LogP contribution in [0.1, 0.15) is 43.0 Å². The summed E-state index contributed by atoms with van der Waals surface area (Å²) >= 11 is 6.32. The molecule has 7 nitrogen and oxygen atoms in total. The fourth-order valence-electron chi connectivity index (χ4n) is 3.43. The number of nitrogens with zero attached hydrogens (tertiary/aromatic N) is 5. The first kappa shape index (κ1) is 16.9. The largest absolute Gasteiger partial charge is 0.376 e. The first-order valence-corrected chi connectivity index (χ1v) is 9.86. The minimum Gasteiger partial charge on any atom is -0.376 e. The lowest BCUT2D eigenvalue weighted by atomic mass is 10.2. The molecule has 0 amide bonds. The maximum atomic E-state index is 6.32. The molecule has 1 aliphatic carbocycles. The standard InChI is InChI=1S/C19H21ClN6O/c20-15-6-2-1-4-13(15)11-26-19-16(24-25-26)18(21-10-14-5-3-9-27-14)22-17(23-19)12-7-8-12/h1-2,4,6,12,14H,3,5,7-11H2,(H,21,22,23)/t14-/m0/s1. The van der Waals surface area contributed by atoms with Crippen molar-refractivity contribution in [1.82, 2.24) is 25.0 Å². The van der Waals surface area contributed by atoms with E-state index < -0.39 is 0 Å². The summed E-state index contributed by atoms with van der Waals surface area (Å²) in [5, 5.41) is 12.8. The average Bonchev–Trinajstić information content (AvgIpc) is 3.25. The summed E-state index contributed by atoms with van der Waals surface area (Å²) in [5.74, 6) is 2.07. The van der Waals surface area contributed by atoms with Crippen molar-refractivity contribution in [1.29, 1.82) is 0 Å². The summed E-state index contributed by atoms with van der Waals surface area (Å²) in [7, 11) is 0. The maximum absolute atomic E-state index is 6.32. The van der Waals surface area contributed by atoms with E-state index in [0.717, 1.165) is 61.7 Å². The molecule has 5 rings (SSSR count). The lowest BCUT2D eigenvalue weighted by molar-refractivity contribution is 0.120. The number of ether oxygens (including phenoxy) is 1. The number of fused-ring (bicyclic) bond motifs is 1. The van der Waals surface area contributed by atoms with Crippen LogP contribution >= 0.6 is 11.6 Å². The van der Waals surface area contributed by atoms with Crippen molar-refractivity contribution >= 4 is 28.6 Å². The topological polar surface area (TPSA) is 77.8 Å². The molecular weight excluding hydrogens is 364 g/mol. The van der Waals surface area contributed by atoms with Crippen molar-refractivity contribution in [3.05, 3.63) is 40.7 Å². The highest BCUT2D eigenvalue weighted by molar-refractivity contribution is 6.31. The third-order valence-corrected chi connectivity index (χ3v) is 5.49. The van der Waals surface area contributed by atoms with Gasteiger partial charge >= 0.3 is 0 Å². The number of halogens is 1. The molecule has 8 heteroatoms. The van der Waals surface area contributed by atoms with Crippen LogP contribution in [-0.4, -0.2) is 44.2 Å². The van der Waals surface area contributed by atoms with E-state index in [9.17, 15) is 0 Å². The first-order valence-electron chi connectivity index (χ1n) is 9.48. The molecule has 1 aliphatic heterocycles. The highest BCUT2D eigenvalue weighted by Gasteiger charge is 2.29. The predicted molar refractivity (Wildman–Crippen MR) is 103 cm³/mol. The lowest BCUT2D eigenvalue weighted by Crippen LogP contribution is -2.19. The molecule has 27 heavy (non-hydrogen) atoms. The van der Waals surface area contributed by atoms with Gasteiger partial charge in [-0.1, -0.05) is 35.0 Å². The summed E-state index contributed by atoms with van der Waals surface area (Å²) < 4.78 is 7.52. The van der Waals surface area contributed by atoms with E-state index in [0.29, 0.717) is 23.0 Å². The molecule has 2 aliphatic rings. The molecule has 0 bridgehead atoms. The highest BCUT2D eigenvalue weighted by Crippen LogP contribution is 2.39. The molecule has 1 saturated carbocycles. The molecule has 1 atom stereocenters. The van der Waals surface area contributed by atoms with Crippen LogP contribution in [0.3, 0.4) is 0 Å². The molecule has 1 aromatic carbocycles. The molecule has 3 heterocycles. The second-order valence-electron chi connectivity index (χ2n) is 7.23. The molecule has 1 N–H and O–H groups in total. The Morgan fingerprint density at radius 3 is 2.85 bits per heavy atom. The van der Waals surface area contributed by atoms with Gasteiger partial charge in [-0.3, -0.25) is 0 Å². The molecule has 0 unspecified atom stereocenters. The van der Waals surface area contributed by atoms with Crippen LogP contribution in [0.25, 0.3) is 11.2 Å². The fraction of sp³-hybridized carbons (Fsp3) is 0.474. The van der Waals surface area contributed by atoms with Gasteiger partial charge < -0.3 is 10.1 Å². The molecule has 0 radical (unpaired) electrons. The number of rotatable bonds is 6. The summed E-state index contributed by atoms with van der Waals surface area (Å²) in [4.78, 5) is 9.52. The monoisotopic (exact) mass is 384 g/mol. The molecule has 3 aromatic rings. The average molecular weight is 385 g/mol. The Bertz CT molecular complexity index is 964. The van der Waals surface area contributed by atoms with E-state index in [-0.39, 0.29) is 6.10 Å². The Balaban J connectivity index is 1.48. The van der Waals surface area contributed by atoms with Gasteiger partial charge in [0.1, 0.15) is 5.82 Å². The predicted octanol–water partition coefficient (Wildman–Crippen LogP) is 3.39. The number of nitrogens with one attached hydrogen (secondary N) is 1. The van der Waals surface area contributed by atoms with E-state index in [1.54, 1.807) is 4.68 Å². The third kappa shape index (κ3) is 3.49. The van der Waals surface area contributed by atoms with Crippen molar-refractivity contribution in [3.63, 3.8) is 0 Å². The number of aromatic nitrogens is 5. The fourth-order valence-corrected chi connectivity index (χ4v) is 3.63. The summed E-state index contributed by atoms with van der Waals surface area (Å²) in [6, 6.07) is 7.77. The molecule has 140 valence electrons. The second kappa shape index (κ2) is 7.05. The Kier molecular flexibility index (Phi) is 4.41. The van der Waals surface area contributed by atoms with Gasteiger partial charge in [-0.2, -0.15) is 0 Å². The normalized spacial score (nSPS) is 19.7. The zero-order chi connectivity index (χ0) is 18.2. The van der Waals surface area contributed by atoms with E-state index in [2.05, 4.69) is 15.6 Å². The van der Waals surface area contributed by atoms with E-state index in [1.807, 2.05) is 24.3 Å². The van der Waals surface area contributed by atoms with Crippen LogP contribution in [0.5, 0.6) is 0 Å². The molecule has 1 saturated heterocycles. The Morgan fingerprint density at radius 1 is 1.19 bits per heavy atom. The van der Waals surface area contributed by atoms with Crippen LogP contribution in [0.2, 0.25) is 5.02 Å². The second-order valence-corrected chi connectivity index (χ2v) is 7.64. The number of hydrogen-bond donors (Lipinski definition) is 1. The molecule has 2 aromatic heterocycles. The van der Waals surface area contributed by atoms with Crippen LogP contribution in [0, 0.1) is 0 Å². The van der Waals surface area contributed by atoms with Gasteiger partial charge in [0.05, 0.1) is 12.6 Å². The van der Waals surface area contributed by atoms with Gasteiger partial charge in [0, 0.05) is 24.1 Å². The smallest absolute Gasteiger partial charge is 0.184 e. The van der Waals surface area contributed by atoms with Gasteiger partial charge in [0.25, 0.3) is 0 Å². The van der Waals surface area contributed by atoms with Crippen LogP contribution < -0.4 is 5.32 Å². The minimum atomic E-state index is 0.234. The van der Waals surface area contributed by atoms with Gasteiger partial charge in [-0.15, -0.1) is 5.10 Å². The molecular formula is C19H21ClN6O. The lowest BCUT2D eigenvalue weighted by Gasteiger charge is -2.12. The quantitative estimate of drug-likeness (QED) is 0.701. The third-order valence-electron chi connectivity index (χ3n) is 5.12. The number of anilines is 1. The van der Waals surface area contributed by atoms with Gasteiger partial charge in [0.15, 0.2) is 17.0 Å². The first-order chi connectivity index (χ1) is 13.3. The zero-order valence-corrected chi connectivity index (χ0v) is 15.7. The van der Waals surface area contributed by atoms with Crippen LogP contribution in [0.15, 0.2) is 24.3 Å². The SMILES string of the molecule is Clc1ccccc1Cn1nnc2c(NC[C@@H]3CCCO3)nc(C3CC3)nc21. The Morgan fingerprint density at radius 2 is 2.07 bits per heavy atom. The molecule has 2 fully saturated rings. The highest BCUT2D eigenvalue weighted by atomic mass is 35.5. The maximum Gasteiger partial charge on any atom is 0.184 e. The molecule has 0 spiro atoms. The van der Waals surface area contributed by atoms with Crippen molar-refractivity contribution in [2.75, 3.05) is 18.5 Å². The van der Waals surface area contributed by atoms with Gasteiger partial charge in [-0.25, -0.2) is 14.6 Å².